The average Bonchev–Trinajstić information content (AvgIpc) is 3.12. The summed E-state index contributed by atoms with van der Waals surface area (Å²) in [5, 5.41) is 1.44. The number of hydrogen-bond donors (Lipinski definition) is 0. The van der Waals surface area contributed by atoms with Gasteiger partial charge in [-0.25, -0.2) is 12.7 Å². The monoisotopic (exact) mass is 430 g/mol. The highest BCUT2D eigenvalue weighted by molar-refractivity contribution is 8.14. The van der Waals surface area contributed by atoms with Gasteiger partial charge in [0.2, 0.25) is 0 Å². The van der Waals surface area contributed by atoms with E-state index in [4.69, 9.17) is 27.9 Å². The van der Waals surface area contributed by atoms with Crippen LogP contribution in [-0.4, -0.2) is 38.1 Å². The van der Waals surface area contributed by atoms with E-state index in [1.165, 1.54) is 35.3 Å². The number of rotatable bonds is 5. The van der Waals surface area contributed by atoms with E-state index in [0.717, 1.165) is 5.56 Å². The molecule has 0 aromatic heterocycles. The first-order valence-electron chi connectivity index (χ1n) is 7.70. The van der Waals surface area contributed by atoms with Crippen LogP contribution in [0.15, 0.2) is 52.4 Å². The SMILES string of the molecule is COc1ccc(S(=O)(=O)N2CCN=C2SCc2ccc(Cl)c(Cl)c2)cc1. The summed E-state index contributed by atoms with van der Waals surface area (Å²) in [6, 6.07) is 11.7. The molecule has 0 spiro atoms. The topological polar surface area (TPSA) is 59.0 Å². The molecule has 0 bridgehead atoms. The van der Waals surface area contributed by atoms with Gasteiger partial charge in [-0.2, -0.15) is 0 Å². The first-order valence-corrected chi connectivity index (χ1v) is 10.9. The molecule has 0 N–H and O–H groups in total. The Morgan fingerprint density at radius 1 is 1.15 bits per heavy atom. The van der Waals surface area contributed by atoms with Gasteiger partial charge in [0.05, 0.1) is 35.1 Å². The highest BCUT2D eigenvalue weighted by Gasteiger charge is 2.30. The fourth-order valence-corrected chi connectivity index (χ4v) is 5.39. The molecule has 2 aromatic rings. The number of sulfonamides is 1. The first kappa shape index (κ1) is 19.4. The van der Waals surface area contributed by atoms with E-state index < -0.39 is 10.0 Å². The summed E-state index contributed by atoms with van der Waals surface area (Å²) in [5.41, 5.74) is 0.945. The molecule has 1 heterocycles. The van der Waals surface area contributed by atoms with Gasteiger partial charge >= 0.3 is 0 Å². The van der Waals surface area contributed by atoms with Crippen molar-refractivity contribution in [1.29, 1.82) is 0 Å². The molecule has 0 saturated heterocycles. The maximum absolute atomic E-state index is 12.9. The second-order valence-electron chi connectivity index (χ2n) is 5.45. The van der Waals surface area contributed by atoms with Crippen LogP contribution in [0.4, 0.5) is 0 Å². The number of thioether (sulfide) groups is 1. The summed E-state index contributed by atoms with van der Waals surface area (Å²) in [5.74, 6) is 1.15. The molecule has 2 aromatic carbocycles. The molecule has 0 fully saturated rings. The van der Waals surface area contributed by atoms with Crippen molar-refractivity contribution in [2.45, 2.75) is 10.6 Å². The Labute approximate surface area is 167 Å². The minimum atomic E-state index is -3.65. The summed E-state index contributed by atoms with van der Waals surface area (Å²) < 4.78 is 32.2. The number of halogens is 2. The molecule has 0 unspecified atom stereocenters. The molecule has 0 aliphatic carbocycles. The minimum absolute atomic E-state index is 0.211. The lowest BCUT2D eigenvalue weighted by molar-refractivity contribution is 0.414. The van der Waals surface area contributed by atoms with Crippen molar-refractivity contribution in [3.63, 3.8) is 0 Å². The van der Waals surface area contributed by atoms with E-state index >= 15 is 0 Å². The number of nitrogens with zero attached hydrogens (tertiary/aromatic N) is 2. The Bertz CT molecular complexity index is 932. The molecule has 5 nitrogen and oxygen atoms in total. The smallest absolute Gasteiger partial charge is 0.265 e. The summed E-state index contributed by atoms with van der Waals surface area (Å²) in [6.07, 6.45) is 0. The van der Waals surface area contributed by atoms with Crippen LogP contribution in [0.2, 0.25) is 10.0 Å². The number of hydrogen-bond acceptors (Lipinski definition) is 5. The lowest BCUT2D eigenvalue weighted by atomic mass is 10.2. The molecule has 138 valence electrons. The van der Waals surface area contributed by atoms with E-state index in [9.17, 15) is 8.42 Å². The maximum atomic E-state index is 12.9. The Kier molecular flexibility index (Phi) is 6.02. The van der Waals surface area contributed by atoms with Gasteiger partial charge in [0.1, 0.15) is 5.75 Å². The van der Waals surface area contributed by atoms with Crippen LogP contribution in [0, 0.1) is 0 Å². The first-order chi connectivity index (χ1) is 12.4. The van der Waals surface area contributed by atoms with Crippen molar-refractivity contribution in [2.75, 3.05) is 20.2 Å². The third-order valence-corrected chi connectivity index (χ3v) is 7.51. The van der Waals surface area contributed by atoms with Crippen LogP contribution in [0.25, 0.3) is 0 Å². The number of amidine groups is 1. The minimum Gasteiger partial charge on any atom is -0.497 e. The zero-order valence-corrected chi connectivity index (χ0v) is 17.0. The lowest BCUT2D eigenvalue weighted by Gasteiger charge is -2.20. The van der Waals surface area contributed by atoms with E-state index in [0.29, 0.717) is 39.8 Å². The molecule has 0 atom stereocenters. The van der Waals surface area contributed by atoms with Gasteiger partial charge in [-0.1, -0.05) is 41.0 Å². The van der Waals surface area contributed by atoms with Gasteiger partial charge in [-0.3, -0.25) is 4.99 Å². The molecule has 3 rings (SSSR count). The maximum Gasteiger partial charge on any atom is 0.265 e. The Hall–Kier alpha value is -1.41. The van der Waals surface area contributed by atoms with Crippen LogP contribution >= 0.6 is 35.0 Å². The number of ether oxygens (including phenoxy) is 1. The van der Waals surface area contributed by atoms with E-state index in [2.05, 4.69) is 4.99 Å². The lowest BCUT2D eigenvalue weighted by Crippen LogP contribution is -2.32. The van der Waals surface area contributed by atoms with Crippen molar-refractivity contribution >= 4 is 50.2 Å². The summed E-state index contributed by atoms with van der Waals surface area (Å²) in [4.78, 5) is 4.55. The van der Waals surface area contributed by atoms with Gasteiger partial charge in [-0.05, 0) is 42.0 Å². The van der Waals surface area contributed by atoms with E-state index in [-0.39, 0.29) is 4.90 Å². The Balaban J connectivity index is 1.75. The molecule has 0 amide bonds. The summed E-state index contributed by atoms with van der Waals surface area (Å²) in [6.45, 7) is 0.775. The van der Waals surface area contributed by atoms with E-state index in [1.807, 2.05) is 6.07 Å². The standard InChI is InChI=1S/C17H16Cl2N2O3S2/c1-24-13-3-5-14(6-4-13)26(22,23)21-9-8-20-17(21)25-11-12-2-7-15(18)16(19)10-12/h2-7,10H,8-9,11H2,1H3. The summed E-state index contributed by atoms with van der Waals surface area (Å²) in [7, 11) is -2.12. The molecular formula is C17H16Cl2N2O3S2. The van der Waals surface area contributed by atoms with Crippen molar-refractivity contribution in [2.24, 2.45) is 4.99 Å². The number of benzene rings is 2. The van der Waals surface area contributed by atoms with Crippen molar-refractivity contribution in [1.82, 2.24) is 4.31 Å². The van der Waals surface area contributed by atoms with Gasteiger partial charge in [0.25, 0.3) is 10.0 Å². The second-order valence-corrected chi connectivity index (χ2v) is 9.07. The van der Waals surface area contributed by atoms with Gasteiger partial charge in [0.15, 0.2) is 5.17 Å². The third kappa shape index (κ3) is 4.11. The van der Waals surface area contributed by atoms with Crippen molar-refractivity contribution in [3.8, 4) is 5.75 Å². The fourth-order valence-electron chi connectivity index (χ4n) is 2.40. The normalized spacial score (nSPS) is 14.4. The predicted molar refractivity (Wildman–Crippen MR) is 107 cm³/mol. The zero-order valence-electron chi connectivity index (χ0n) is 13.9. The van der Waals surface area contributed by atoms with Gasteiger partial charge < -0.3 is 4.74 Å². The molecule has 1 aliphatic heterocycles. The largest absolute Gasteiger partial charge is 0.497 e. The highest BCUT2D eigenvalue weighted by Crippen LogP contribution is 2.29. The molecule has 9 heteroatoms. The Morgan fingerprint density at radius 2 is 1.88 bits per heavy atom. The molecule has 26 heavy (non-hydrogen) atoms. The molecule has 0 saturated carbocycles. The van der Waals surface area contributed by atoms with Crippen LogP contribution in [-0.2, 0) is 15.8 Å². The number of methoxy groups -OCH3 is 1. The van der Waals surface area contributed by atoms with E-state index in [1.54, 1.807) is 24.3 Å². The van der Waals surface area contributed by atoms with Crippen molar-refractivity contribution < 1.29 is 13.2 Å². The van der Waals surface area contributed by atoms with Crippen molar-refractivity contribution in [3.05, 3.63) is 58.1 Å². The third-order valence-electron chi connectivity index (χ3n) is 3.76. The van der Waals surface area contributed by atoms with Crippen LogP contribution in [0.5, 0.6) is 5.75 Å². The van der Waals surface area contributed by atoms with Crippen LogP contribution in [0.3, 0.4) is 0 Å². The number of aliphatic imine (C=N–C) groups is 1. The molecule has 1 aliphatic rings. The molecular weight excluding hydrogens is 415 g/mol. The Morgan fingerprint density at radius 3 is 2.54 bits per heavy atom. The second kappa shape index (κ2) is 8.08. The fraction of sp³-hybridized carbons (Fsp3) is 0.235. The van der Waals surface area contributed by atoms with Crippen LogP contribution in [0.1, 0.15) is 5.56 Å². The molecule has 0 radical (unpaired) electrons. The van der Waals surface area contributed by atoms with Crippen LogP contribution < -0.4 is 4.74 Å². The average molecular weight is 431 g/mol. The quantitative estimate of drug-likeness (QED) is 0.709. The highest BCUT2D eigenvalue weighted by atomic mass is 35.5. The van der Waals surface area contributed by atoms with Gasteiger partial charge in [-0.15, -0.1) is 0 Å². The predicted octanol–water partition coefficient (Wildman–Crippen LogP) is 4.30. The van der Waals surface area contributed by atoms with Gasteiger partial charge in [0, 0.05) is 5.75 Å². The zero-order chi connectivity index (χ0) is 18.7. The summed E-state index contributed by atoms with van der Waals surface area (Å²) >= 11 is 13.3.